The molecule has 0 radical (unpaired) electrons. The van der Waals surface area contributed by atoms with Gasteiger partial charge in [0.15, 0.2) is 0 Å². The summed E-state index contributed by atoms with van der Waals surface area (Å²) in [5.41, 5.74) is 14.1. The summed E-state index contributed by atoms with van der Waals surface area (Å²) >= 11 is 0. The molecule has 1 N–H and O–H groups in total. The largest absolute Gasteiger partial charge is 0.481 e. The summed E-state index contributed by atoms with van der Waals surface area (Å²) < 4.78 is 0. The number of carbonyl (C=O) groups is 1. The smallest absolute Gasteiger partial charge is 0.303 e. The molecule has 1 unspecified atom stereocenters. The van der Waals surface area contributed by atoms with Gasteiger partial charge in [-0.3, -0.25) is 4.79 Å². The van der Waals surface area contributed by atoms with Gasteiger partial charge >= 0.3 is 5.97 Å². The van der Waals surface area contributed by atoms with Crippen LogP contribution in [0.4, 0.5) is 0 Å². The van der Waals surface area contributed by atoms with Gasteiger partial charge in [0.1, 0.15) is 0 Å². The van der Waals surface area contributed by atoms with Gasteiger partial charge in [0.2, 0.25) is 0 Å². The second-order valence-corrected chi connectivity index (χ2v) is 4.83. The van der Waals surface area contributed by atoms with Crippen molar-refractivity contribution in [1.82, 2.24) is 0 Å². The molecular formula is C14H19N3O2. The highest BCUT2D eigenvalue weighted by Gasteiger charge is 2.18. The fourth-order valence-electron chi connectivity index (χ4n) is 2.33. The van der Waals surface area contributed by atoms with Crippen molar-refractivity contribution in [3.63, 3.8) is 0 Å². The molecule has 0 saturated heterocycles. The molecule has 1 aromatic carbocycles. The molecule has 0 aliphatic rings. The number of aliphatic carboxylic acids is 1. The number of carboxylic acids is 1. The lowest BCUT2D eigenvalue weighted by atomic mass is 9.88. The Morgan fingerprint density at radius 1 is 1.32 bits per heavy atom. The second-order valence-electron chi connectivity index (χ2n) is 4.83. The third-order valence-electron chi connectivity index (χ3n) is 3.58. The maximum Gasteiger partial charge on any atom is 0.303 e. The monoisotopic (exact) mass is 261 g/mol. The molecule has 19 heavy (non-hydrogen) atoms. The van der Waals surface area contributed by atoms with Crippen LogP contribution in [0, 0.1) is 27.7 Å². The normalized spacial score (nSPS) is 11.8. The maximum absolute atomic E-state index is 10.7. The standard InChI is InChI=1S/C14H19N3O2/c1-8-7-9(2)11(4)14(10(8)3)12(16-17-15)5-6-13(18)19/h7,12H,5-6H2,1-4H3,(H,18,19). The van der Waals surface area contributed by atoms with Crippen molar-refractivity contribution < 1.29 is 9.90 Å². The average Bonchev–Trinajstić information content (AvgIpc) is 2.33. The number of nitrogens with zero attached hydrogens (tertiary/aromatic N) is 3. The molecule has 0 spiro atoms. The first-order valence-electron chi connectivity index (χ1n) is 6.21. The van der Waals surface area contributed by atoms with E-state index in [1.807, 2.05) is 27.7 Å². The molecule has 0 aliphatic heterocycles. The van der Waals surface area contributed by atoms with Crippen LogP contribution in [-0.4, -0.2) is 11.1 Å². The Kier molecular flexibility index (Phi) is 4.95. The summed E-state index contributed by atoms with van der Waals surface area (Å²) in [6, 6.07) is 1.68. The zero-order chi connectivity index (χ0) is 14.6. The van der Waals surface area contributed by atoms with E-state index in [2.05, 4.69) is 16.1 Å². The Balaban J connectivity index is 3.29. The van der Waals surface area contributed by atoms with Crippen LogP contribution in [0.15, 0.2) is 11.2 Å². The summed E-state index contributed by atoms with van der Waals surface area (Å²) in [5, 5.41) is 12.6. The quantitative estimate of drug-likeness (QED) is 0.490. The van der Waals surface area contributed by atoms with Crippen LogP contribution in [0.3, 0.4) is 0 Å². The minimum Gasteiger partial charge on any atom is -0.481 e. The van der Waals surface area contributed by atoms with E-state index >= 15 is 0 Å². The van der Waals surface area contributed by atoms with Crippen molar-refractivity contribution in [2.75, 3.05) is 0 Å². The van der Waals surface area contributed by atoms with E-state index in [-0.39, 0.29) is 6.42 Å². The third kappa shape index (κ3) is 3.48. The summed E-state index contributed by atoms with van der Waals surface area (Å²) in [7, 11) is 0. The van der Waals surface area contributed by atoms with E-state index in [1.165, 1.54) is 0 Å². The molecule has 0 aliphatic carbocycles. The molecule has 5 heteroatoms. The van der Waals surface area contributed by atoms with Gasteiger partial charge in [-0.15, -0.1) is 0 Å². The summed E-state index contributed by atoms with van der Waals surface area (Å²) in [6.07, 6.45) is 0.319. The van der Waals surface area contributed by atoms with Gasteiger partial charge in [-0.25, -0.2) is 0 Å². The maximum atomic E-state index is 10.7. The van der Waals surface area contributed by atoms with Gasteiger partial charge in [0.05, 0.1) is 6.04 Å². The van der Waals surface area contributed by atoms with Crippen LogP contribution in [0.5, 0.6) is 0 Å². The molecule has 0 bridgehead atoms. The first-order chi connectivity index (χ1) is 8.88. The van der Waals surface area contributed by atoms with Gasteiger partial charge in [-0.1, -0.05) is 11.2 Å². The third-order valence-corrected chi connectivity index (χ3v) is 3.58. The number of carboxylic acid groups (broad SMARTS) is 1. The summed E-state index contributed by atoms with van der Waals surface area (Å²) in [6.45, 7) is 7.99. The van der Waals surface area contributed by atoms with E-state index < -0.39 is 12.0 Å². The lowest BCUT2D eigenvalue weighted by Crippen LogP contribution is -2.07. The van der Waals surface area contributed by atoms with Crippen molar-refractivity contribution in [1.29, 1.82) is 0 Å². The van der Waals surface area contributed by atoms with E-state index in [0.29, 0.717) is 6.42 Å². The fourth-order valence-corrected chi connectivity index (χ4v) is 2.33. The van der Waals surface area contributed by atoms with Gasteiger partial charge in [0, 0.05) is 11.3 Å². The number of aryl methyl sites for hydroxylation is 2. The Hall–Kier alpha value is -2.00. The molecule has 0 aromatic heterocycles. The van der Waals surface area contributed by atoms with Crippen molar-refractivity contribution in [3.8, 4) is 0 Å². The highest BCUT2D eigenvalue weighted by atomic mass is 16.4. The average molecular weight is 261 g/mol. The van der Waals surface area contributed by atoms with E-state index in [9.17, 15) is 4.79 Å². The Bertz CT molecular complexity index is 520. The van der Waals surface area contributed by atoms with Gasteiger partial charge in [-0.05, 0) is 67.5 Å². The van der Waals surface area contributed by atoms with E-state index in [4.69, 9.17) is 10.6 Å². The Labute approximate surface area is 112 Å². The van der Waals surface area contributed by atoms with E-state index in [1.54, 1.807) is 0 Å². The highest BCUT2D eigenvalue weighted by molar-refractivity contribution is 5.66. The molecular weight excluding hydrogens is 242 g/mol. The number of rotatable bonds is 5. The predicted molar refractivity (Wildman–Crippen MR) is 74.1 cm³/mol. The number of hydrogen-bond donors (Lipinski definition) is 1. The molecule has 1 rings (SSSR count). The zero-order valence-electron chi connectivity index (χ0n) is 11.8. The Morgan fingerprint density at radius 3 is 2.26 bits per heavy atom. The molecule has 5 nitrogen and oxygen atoms in total. The number of hydrogen-bond acceptors (Lipinski definition) is 2. The predicted octanol–water partition coefficient (Wildman–Crippen LogP) is 4.14. The van der Waals surface area contributed by atoms with Crippen molar-refractivity contribution in [3.05, 3.63) is 44.3 Å². The molecule has 102 valence electrons. The van der Waals surface area contributed by atoms with Crippen molar-refractivity contribution >= 4 is 5.97 Å². The first-order valence-corrected chi connectivity index (χ1v) is 6.21. The van der Waals surface area contributed by atoms with Crippen molar-refractivity contribution in [2.24, 2.45) is 5.11 Å². The molecule has 0 heterocycles. The minimum atomic E-state index is -0.877. The molecule has 0 amide bonds. The lowest BCUT2D eigenvalue weighted by Gasteiger charge is -2.20. The van der Waals surface area contributed by atoms with Crippen LogP contribution in [0.1, 0.15) is 46.7 Å². The Morgan fingerprint density at radius 2 is 1.84 bits per heavy atom. The van der Waals surface area contributed by atoms with Gasteiger partial charge in [-0.2, -0.15) is 0 Å². The second kappa shape index (κ2) is 6.25. The highest BCUT2D eigenvalue weighted by Crippen LogP contribution is 2.32. The first kappa shape index (κ1) is 15.1. The van der Waals surface area contributed by atoms with Crippen LogP contribution in [0.25, 0.3) is 10.4 Å². The van der Waals surface area contributed by atoms with Crippen molar-refractivity contribution in [2.45, 2.75) is 46.6 Å². The lowest BCUT2D eigenvalue weighted by molar-refractivity contribution is -0.137. The molecule has 1 atom stereocenters. The van der Waals surface area contributed by atoms with Gasteiger partial charge < -0.3 is 5.11 Å². The van der Waals surface area contributed by atoms with Gasteiger partial charge in [0.25, 0.3) is 0 Å². The topological polar surface area (TPSA) is 86.1 Å². The minimum absolute atomic E-state index is 0.00441. The van der Waals surface area contributed by atoms with Crippen LogP contribution in [-0.2, 0) is 4.79 Å². The summed E-state index contributed by atoms with van der Waals surface area (Å²) in [5.74, 6) is -0.877. The molecule has 0 saturated carbocycles. The van der Waals surface area contributed by atoms with Crippen LogP contribution < -0.4 is 0 Å². The van der Waals surface area contributed by atoms with Crippen LogP contribution >= 0.6 is 0 Å². The molecule has 0 fully saturated rings. The van der Waals surface area contributed by atoms with E-state index in [0.717, 1.165) is 27.8 Å². The molecule has 1 aromatic rings. The number of benzene rings is 1. The SMILES string of the molecule is Cc1cc(C)c(C)c(C(CCC(=O)O)N=[N+]=[N-])c1C. The zero-order valence-corrected chi connectivity index (χ0v) is 11.8. The van der Waals surface area contributed by atoms with Crippen LogP contribution in [0.2, 0.25) is 0 Å². The number of azide groups is 1. The fraction of sp³-hybridized carbons (Fsp3) is 0.500. The summed E-state index contributed by atoms with van der Waals surface area (Å²) in [4.78, 5) is 13.6.